The van der Waals surface area contributed by atoms with Gasteiger partial charge in [0.05, 0.1) is 12.3 Å². The van der Waals surface area contributed by atoms with E-state index in [0.717, 1.165) is 21.3 Å². The van der Waals surface area contributed by atoms with Crippen molar-refractivity contribution >= 4 is 11.3 Å². The molecule has 0 bridgehead atoms. The SMILES string of the molecule is COCc1nc(COc2cccc(C)c2C)sc1C(C)N. The van der Waals surface area contributed by atoms with Crippen molar-refractivity contribution in [2.75, 3.05) is 7.11 Å². The summed E-state index contributed by atoms with van der Waals surface area (Å²) < 4.78 is 11.1. The summed E-state index contributed by atoms with van der Waals surface area (Å²) in [5.74, 6) is 0.904. The average Bonchev–Trinajstić information content (AvgIpc) is 2.84. The Morgan fingerprint density at radius 1 is 1.29 bits per heavy atom. The van der Waals surface area contributed by atoms with Crippen LogP contribution in [0.5, 0.6) is 5.75 Å². The molecule has 0 amide bonds. The predicted molar refractivity (Wildman–Crippen MR) is 85.7 cm³/mol. The second kappa shape index (κ2) is 7.02. The second-order valence-corrected chi connectivity index (χ2v) is 6.24. The number of rotatable bonds is 6. The second-order valence-electron chi connectivity index (χ2n) is 5.13. The smallest absolute Gasteiger partial charge is 0.140 e. The largest absolute Gasteiger partial charge is 0.486 e. The minimum absolute atomic E-state index is 0.0397. The molecular weight excluding hydrogens is 284 g/mol. The van der Waals surface area contributed by atoms with Crippen molar-refractivity contribution in [3.63, 3.8) is 0 Å². The number of thiazole rings is 1. The van der Waals surface area contributed by atoms with Crippen LogP contribution >= 0.6 is 11.3 Å². The molecular formula is C16H22N2O2S. The van der Waals surface area contributed by atoms with Crippen molar-refractivity contribution in [1.82, 2.24) is 4.98 Å². The molecule has 0 radical (unpaired) electrons. The van der Waals surface area contributed by atoms with Crippen LogP contribution in [0.25, 0.3) is 0 Å². The zero-order valence-electron chi connectivity index (χ0n) is 13.0. The van der Waals surface area contributed by atoms with Gasteiger partial charge in [-0.15, -0.1) is 11.3 Å². The van der Waals surface area contributed by atoms with Gasteiger partial charge in [-0.3, -0.25) is 0 Å². The maximum Gasteiger partial charge on any atom is 0.140 e. The maximum atomic E-state index is 5.98. The summed E-state index contributed by atoms with van der Waals surface area (Å²) in [7, 11) is 1.66. The first-order valence-electron chi connectivity index (χ1n) is 6.95. The van der Waals surface area contributed by atoms with Crippen LogP contribution in [0, 0.1) is 13.8 Å². The van der Waals surface area contributed by atoms with E-state index in [2.05, 4.69) is 24.9 Å². The molecule has 1 aromatic carbocycles. The first-order valence-corrected chi connectivity index (χ1v) is 7.76. The fraction of sp³-hybridized carbons (Fsp3) is 0.438. The molecule has 1 unspecified atom stereocenters. The number of nitrogens with two attached hydrogens (primary N) is 1. The zero-order chi connectivity index (χ0) is 15.4. The Balaban J connectivity index is 2.13. The number of ether oxygens (including phenoxy) is 2. The number of aromatic nitrogens is 1. The minimum Gasteiger partial charge on any atom is -0.486 e. The van der Waals surface area contributed by atoms with Crippen molar-refractivity contribution in [2.24, 2.45) is 5.73 Å². The molecule has 0 saturated carbocycles. The molecule has 21 heavy (non-hydrogen) atoms. The topological polar surface area (TPSA) is 57.4 Å². The van der Waals surface area contributed by atoms with Gasteiger partial charge in [0.2, 0.25) is 0 Å². The van der Waals surface area contributed by atoms with E-state index < -0.39 is 0 Å². The summed E-state index contributed by atoms with van der Waals surface area (Å²) in [4.78, 5) is 5.64. The van der Waals surface area contributed by atoms with E-state index in [0.29, 0.717) is 13.2 Å². The van der Waals surface area contributed by atoms with Gasteiger partial charge in [0.1, 0.15) is 17.4 Å². The van der Waals surface area contributed by atoms with Gasteiger partial charge < -0.3 is 15.2 Å². The monoisotopic (exact) mass is 306 g/mol. The van der Waals surface area contributed by atoms with Crippen molar-refractivity contribution in [1.29, 1.82) is 0 Å². The van der Waals surface area contributed by atoms with Gasteiger partial charge in [0, 0.05) is 18.0 Å². The molecule has 0 aliphatic carbocycles. The van der Waals surface area contributed by atoms with Gasteiger partial charge >= 0.3 is 0 Å². The number of nitrogens with zero attached hydrogens (tertiary/aromatic N) is 1. The fourth-order valence-corrected chi connectivity index (χ4v) is 3.03. The van der Waals surface area contributed by atoms with Crippen LogP contribution in [-0.2, 0) is 18.0 Å². The summed E-state index contributed by atoms with van der Waals surface area (Å²) in [6, 6.07) is 6.03. The van der Waals surface area contributed by atoms with Crippen molar-refractivity contribution in [3.05, 3.63) is 44.9 Å². The standard InChI is InChI=1S/C16H22N2O2S/c1-10-6-5-7-14(11(10)2)20-9-15-18-13(8-19-4)16(21-15)12(3)17/h5-7,12H,8-9,17H2,1-4H3. The number of benzene rings is 1. The van der Waals surface area contributed by atoms with Crippen LogP contribution in [0.4, 0.5) is 0 Å². The number of hydrogen-bond acceptors (Lipinski definition) is 5. The highest BCUT2D eigenvalue weighted by Gasteiger charge is 2.15. The molecule has 2 aromatic rings. The van der Waals surface area contributed by atoms with Gasteiger partial charge in [0.25, 0.3) is 0 Å². The first kappa shape index (κ1) is 15.9. The van der Waals surface area contributed by atoms with Crippen LogP contribution in [0.1, 0.15) is 39.7 Å². The molecule has 4 nitrogen and oxygen atoms in total. The van der Waals surface area contributed by atoms with E-state index in [4.69, 9.17) is 15.2 Å². The summed E-state index contributed by atoms with van der Waals surface area (Å²) in [5.41, 5.74) is 9.29. The molecule has 2 rings (SSSR count). The number of aryl methyl sites for hydroxylation is 1. The Kier molecular flexibility index (Phi) is 5.33. The molecule has 0 aliphatic heterocycles. The summed E-state index contributed by atoms with van der Waals surface area (Å²) >= 11 is 1.60. The molecule has 1 heterocycles. The Morgan fingerprint density at radius 3 is 2.71 bits per heavy atom. The summed E-state index contributed by atoms with van der Waals surface area (Å²) in [6.45, 7) is 7.05. The predicted octanol–water partition coefficient (Wildman–Crippen LogP) is 3.51. The summed E-state index contributed by atoms with van der Waals surface area (Å²) in [6.07, 6.45) is 0. The normalized spacial score (nSPS) is 12.4. The van der Waals surface area contributed by atoms with Crippen molar-refractivity contribution in [2.45, 2.75) is 40.0 Å². The van der Waals surface area contributed by atoms with Gasteiger partial charge in [-0.2, -0.15) is 0 Å². The lowest BCUT2D eigenvalue weighted by molar-refractivity contribution is 0.180. The average molecular weight is 306 g/mol. The highest BCUT2D eigenvalue weighted by atomic mass is 32.1. The van der Waals surface area contributed by atoms with Crippen LogP contribution in [0.15, 0.2) is 18.2 Å². The maximum absolute atomic E-state index is 5.98. The molecule has 0 fully saturated rings. The van der Waals surface area contributed by atoms with E-state index in [9.17, 15) is 0 Å². The highest BCUT2D eigenvalue weighted by molar-refractivity contribution is 7.11. The minimum atomic E-state index is -0.0397. The highest BCUT2D eigenvalue weighted by Crippen LogP contribution is 2.27. The van der Waals surface area contributed by atoms with Crippen LogP contribution in [0.2, 0.25) is 0 Å². The zero-order valence-corrected chi connectivity index (χ0v) is 13.8. The van der Waals surface area contributed by atoms with Crippen molar-refractivity contribution in [3.8, 4) is 5.75 Å². The fourth-order valence-electron chi connectivity index (χ4n) is 2.09. The van der Waals surface area contributed by atoms with Crippen molar-refractivity contribution < 1.29 is 9.47 Å². The lowest BCUT2D eigenvalue weighted by Gasteiger charge is -2.09. The summed E-state index contributed by atoms with van der Waals surface area (Å²) in [5, 5.41) is 0.926. The van der Waals surface area contributed by atoms with E-state index in [1.54, 1.807) is 18.4 Å². The molecule has 0 saturated heterocycles. The van der Waals surface area contributed by atoms with E-state index in [1.165, 1.54) is 11.1 Å². The molecule has 0 aliphatic rings. The lowest BCUT2D eigenvalue weighted by Crippen LogP contribution is -2.06. The van der Waals surface area contributed by atoms with Crippen LogP contribution in [0.3, 0.4) is 0 Å². The van der Waals surface area contributed by atoms with Gasteiger partial charge in [-0.1, -0.05) is 12.1 Å². The van der Waals surface area contributed by atoms with Crippen LogP contribution < -0.4 is 10.5 Å². The third-order valence-electron chi connectivity index (χ3n) is 3.37. The van der Waals surface area contributed by atoms with Gasteiger partial charge in [-0.05, 0) is 38.0 Å². The Morgan fingerprint density at radius 2 is 2.05 bits per heavy atom. The molecule has 1 aromatic heterocycles. The first-order chi connectivity index (χ1) is 10.0. The van der Waals surface area contributed by atoms with Crippen LogP contribution in [-0.4, -0.2) is 12.1 Å². The van der Waals surface area contributed by atoms with E-state index in [1.807, 2.05) is 19.1 Å². The van der Waals surface area contributed by atoms with E-state index in [-0.39, 0.29) is 6.04 Å². The quantitative estimate of drug-likeness (QED) is 0.887. The number of methoxy groups -OCH3 is 1. The molecule has 2 N–H and O–H groups in total. The molecule has 1 atom stereocenters. The van der Waals surface area contributed by atoms with Gasteiger partial charge in [0.15, 0.2) is 0 Å². The Bertz CT molecular complexity index is 608. The third kappa shape index (κ3) is 3.81. The lowest BCUT2D eigenvalue weighted by atomic mass is 10.1. The Hall–Kier alpha value is -1.43. The molecule has 5 heteroatoms. The molecule has 0 spiro atoms. The Labute approximate surface area is 129 Å². The number of hydrogen-bond donors (Lipinski definition) is 1. The van der Waals surface area contributed by atoms with Gasteiger partial charge in [-0.25, -0.2) is 4.98 Å². The third-order valence-corrected chi connectivity index (χ3v) is 4.64. The van der Waals surface area contributed by atoms with E-state index >= 15 is 0 Å². The molecule has 114 valence electrons.